The summed E-state index contributed by atoms with van der Waals surface area (Å²) in [5.41, 5.74) is 0.317. The number of rotatable bonds is 8. The maximum Gasteiger partial charge on any atom is 0.336 e. The highest BCUT2D eigenvalue weighted by molar-refractivity contribution is 6.01. The van der Waals surface area contributed by atoms with Crippen molar-refractivity contribution in [2.45, 2.75) is 18.8 Å². The average Bonchev–Trinajstić information content (AvgIpc) is 2.61. The minimum absolute atomic E-state index is 0.0585. The van der Waals surface area contributed by atoms with E-state index in [2.05, 4.69) is 0 Å². The highest BCUT2D eigenvalue weighted by Gasteiger charge is 2.22. The molecule has 0 radical (unpaired) electrons. The Morgan fingerprint density at radius 3 is 1.74 bits per heavy atom. The van der Waals surface area contributed by atoms with E-state index >= 15 is 0 Å². The molecule has 1 unspecified atom stereocenters. The van der Waals surface area contributed by atoms with E-state index in [9.17, 15) is 24.3 Å². The Bertz CT molecular complexity index is 898. The van der Waals surface area contributed by atoms with Crippen LogP contribution in [0.25, 0.3) is 0 Å². The van der Waals surface area contributed by atoms with Gasteiger partial charge in [0.2, 0.25) is 0 Å². The van der Waals surface area contributed by atoms with Crippen molar-refractivity contribution in [3.05, 3.63) is 70.3 Å². The lowest BCUT2D eigenvalue weighted by Gasteiger charge is -2.18. The number of aliphatic carboxylic acids is 1. The van der Waals surface area contributed by atoms with Crippen LogP contribution < -0.4 is 0 Å². The summed E-state index contributed by atoms with van der Waals surface area (Å²) in [6.07, 6.45) is -0.0678. The van der Waals surface area contributed by atoms with Gasteiger partial charge in [-0.05, 0) is 41.8 Å². The van der Waals surface area contributed by atoms with Gasteiger partial charge in [0.15, 0.2) is 0 Å². The quantitative estimate of drug-likeness (QED) is 0.552. The minimum atomic E-state index is -1.41. The van der Waals surface area contributed by atoms with Crippen LogP contribution in [-0.4, -0.2) is 44.3 Å². The van der Waals surface area contributed by atoms with Crippen molar-refractivity contribution in [1.82, 2.24) is 0 Å². The van der Waals surface area contributed by atoms with Crippen molar-refractivity contribution >= 4 is 23.9 Å². The van der Waals surface area contributed by atoms with Crippen molar-refractivity contribution in [3.8, 4) is 0 Å². The molecule has 0 saturated carbocycles. The average molecular weight is 372 g/mol. The SMILES string of the molecule is O=C(O)CCC(c1ccc(C(=O)O)cc1)c1ccc(C(=O)O)c(C(=O)O)c1. The van der Waals surface area contributed by atoms with Gasteiger partial charge in [0, 0.05) is 12.3 Å². The van der Waals surface area contributed by atoms with Crippen LogP contribution in [-0.2, 0) is 4.79 Å². The fraction of sp³-hybridized carbons (Fsp3) is 0.158. The van der Waals surface area contributed by atoms with Crippen molar-refractivity contribution < 1.29 is 39.6 Å². The van der Waals surface area contributed by atoms with Crippen LogP contribution in [0, 0.1) is 0 Å². The molecule has 27 heavy (non-hydrogen) atoms. The van der Waals surface area contributed by atoms with Gasteiger partial charge in [-0.3, -0.25) is 4.79 Å². The van der Waals surface area contributed by atoms with Gasteiger partial charge in [-0.25, -0.2) is 14.4 Å². The van der Waals surface area contributed by atoms with Crippen LogP contribution in [0.3, 0.4) is 0 Å². The van der Waals surface area contributed by atoms with Gasteiger partial charge in [0.1, 0.15) is 0 Å². The van der Waals surface area contributed by atoms with Gasteiger partial charge in [-0.1, -0.05) is 18.2 Å². The van der Waals surface area contributed by atoms with Crippen LogP contribution in [0.2, 0.25) is 0 Å². The number of carboxylic acid groups (broad SMARTS) is 4. The zero-order valence-corrected chi connectivity index (χ0v) is 14.0. The summed E-state index contributed by atoms with van der Waals surface area (Å²) in [6.45, 7) is 0. The summed E-state index contributed by atoms with van der Waals surface area (Å²) < 4.78 is 0. The van der Waals surface area contributed by atoms with E-state index in [4.69, 9.17) is 15.3 Å². The summed E-state index contributed by atoms with van der Waals surface area (Å²) >= 11 is 0. The fourth-order valence-corrected chi connectivity index (χ4v) is 2.79. The van der Waals surface area contributed by atoms with Crippen LogP contribution >= 0.6 is 0 Å². The molecule has 0 aliphatic heterocycles. The third kappa shape index (κ3) is 4.69. The van der Waals surface area contributed by atoms with E-state index in [1.807, 2.05) is 0 Å². The molecule has 4 N–H and O–H groups in total. The Hall–Kier alpha value is -3.68. The third-order valence-electron chi connectivity index (χ3n) is 4.11. The van der Waals surface area contributed by atoms with Gasteiger partial charge in [0.05, 0.1) is 16.7 Å². The van der Waals surface area contributed by atoms with Crippen molar-refractivity contribution in [2.24, 2.45) is 0 Å². The first-order chi connectivity index (χ1) is 12.7. The Balaban J connectivity index is 2.51. The van der Waals surface area contributed by atoms with Gasteiger partial charge in [0.25, 0.3) is 0 Å². The number of hydrogen-bond donors (Lipinski definition) is 4. The highest BCUT2D eigenvalue weighted by atomic mass is 16.4. The second-order valence-electron chi connectivity index (χ2n) is 5.83. The first kappa shape index (κ1) is 19.6. The summed E-state index contributed by atoms with van der Waals surface area (Å²) in [6, 6.07) is 9.62. The lowest BCUT2D eigenvalue weighted by molar-refractivity contribution is -0.137. The molecule has 0 aromatic heterocycles. The standard InChI is InChI=1S/C19H16O8/c20-16(21)8-7-13(10-1-3-11(4-2-10)17(22)23)12-5-6-14(18(24)25)15(9-12)19(26)27/h1-6,9,13H,7-8H2,(H,20,21)(H,22,23)(H,24,25)(H,26,27). The molecule has 2 rings (SSSR count). The molecule has 0 aliphatic rings. The molecule has 0 spiro atoms. The lowest BCUT2D eigenvalue weighted by atomic mass is 9.85. The highest BCUT2D eigenvalue weighted by Crippen LogP contribution is 2.31. The van der Waals surface area contributed by atoms with Gasteiger partial charge in [-0.2, -0.15) is 0 Å². The van der Waals surface area contributed by atoms with Crippen LogP contribution in [0.5, 0.6) is 0 Å². The van der Waals surface area contributed by atoms with Crippen LogP contribution in [0.1, 0.15) is 61.0 Å². The second-order valence-corrected chi connectivity index (χ2v) is 5.83. The molecule has 2 aromatic carbocycles. The zero-order valence-electron chi connectivity index (χ0n) is 14.0. The number of carboxylic acids is 4. The fourth-order valence-electron chi connectivity index (χ4n) is 2.79. The maximum atomic E-state index is 11.4. The van der Waals surface area contributed by atoms with E-state index in [1.54, 1.807) is 0 Å². The molecule has 0 saturated heterocycles. The largest absolute Gasteiger partial charge is 0.481 e. The molecule has 8 heteroatoms. The first-order valence-electron chi connectivity index (χ1n) is 7.86. The Labute approximate surface area is 153 Å². The number of hydrogen-bond acceptors (Lipinski definition) is 4. The molecule has 0 bridgehead atoms. The van der Waals surface area contributed by atoms with E-state index in [0.29, 0.717) is 11.1 Å². The second kappa shape index (κ2) is 8.13. The Morgan fingerprint density at radius 2 is 1.26 bits per heavy atom. The normalized spacial score (nSPS) is 11.6. The third-order valence-corrected chi connectivity index (χ3v) is 4.11. The molecule has 140 valence electrons. The molecule has 1 atom stereocenters. The van der Waals surface area contributed by atoms with Gasteiger partial charge < -0.3 is 20.4 Å². The Kier molecular flexibility index (Phi) is 5.92. The summed E-state index contributed by atoms with van der Waals surface area (Å²) in [7, 11) is 0. The number of benzene rings is 2. The van der Waals surface area contributed by atoms with Crippen LogP contribution in [0.4, 0.5) is 0 Å². The van der Waals surface area contributed by atoms with Crippen molar-refractivity contribution in [3.63, 3.8) is 0 Å². The molecule has 0 heterocycles. The molecular weight excluding hydrogens is 356 g/mol. The van der Waals surface area contributed by atoms with E-state index in [0.717, 1.165) is 0 Å². The van der Waals surface area contributed by atoms with E-state index in [1.165, 1.54) is 42.5 Å². The van der Waals surface area contributed by atoms with E-state index in [-0.39, 0.29) is 24.0 Å². The number of aromatic carboxylic acids is 3. The molecule has 0 fully saturated rings. The lowest BCUT2D eigenvalue weighted by Crippen LogP contribution is -2.11. The Morgan fingerprint density at radius 1 is 0.704 bits per heavy atom. The topological polar surface area (TPSA) is 149 Å². The molecule has 0 amide bonds. The monoisotopic (exact) mass is 372 g/mol. The minimum Gasteiger partial charge on any atom is -0.481 e. The molecule has 0 aliphatic carbocycles. The first-order valence-corrected chi connectivity index (χ1v) is 7.86. The van der Waals surface area contributed by atoms with Gasteiger partial charge >= 0.3 is 23.9 Å². The summed E-state index contributed by atoms with van der Waals surface area (Å²) in [4.78, 5) is 44.6. The van der Waals surface area contributed by atoms with Crippen molar-refractivity contribution in [2.75, 3.05) is 0 Å². The van der Waals surface area contributed by atoms with Crippen LogP contribution in [0.15, 0.2) is 42.5 Å². The van der Waals surface area contributed by atoms with E-state index < -0.39 is 35.4 Å². The smallest absolute Gasteiger partial charge is 0.336 e. The zero-order chi connectivity index (χ0) is 20.1. The predicted molar refractivity (Wildman–Crippen MR) is 92.5 cm³/mol. The predicted octanol–water partition coefficient (Wildman–Crippen LogP) is 2.78. The molecule has 2 aromatic rings. The number of carbonyl (C=O) groups is 4. The van der Waals surface area contributed by atoms with Gasteiger partial charge in [-0.15, -0.1) is 0 Å². The maximum absolute atomic E-state index is 11.4. The molecule has 8 nitrogen and oxygen atoms in total. The van der Waals surface area contributed by atoms with Crippen molar-refractivity contribution in [1.29, 1.82) is 0 Å². The summed E-state index contributed by atoms with van der Waals surface area (Å²) in [5.74, 6) is -5.48. The summed E-state index contributed by atoms with van der Waals surface area (Å²) in [5, 5.41) is 36.4. The molecular formula is C19H16O8.